The highest BCUT2D eigenvalue weighted by molar-refractivity contribution is 6.09. The van der Waals surface area contributed by atoms with Gasteiger partial charge in [-0.3, -0.25) is 4.79 Å². The van der Waals surface area contributed by atoms with E-state index in [9.17, 15) is 9.90 Å². The first-order chi connectivity index (χ1) is 8.27. The molecule has 0 aliphatic heterocycles. The lowest BCUT2D eigenvalue weighted by Crippen LogP contribution is -1.93. The molecule has 0 aliphatic carbocycles. The largest absolute Gasteiger partial charge is 0.507 e. The van der Waals surface area contributed by atoms with Gasteiger partial charge in [-0.2, -0.15) is 0 Å². The van der Waals surface area contributed by atoms with Crippen LogP contribution < -0.4 is 0 Å². The monoisotopic (exact) mass is 222 g/mol. The van der Waals surface area contributed by atoms with Crippen LogP contribution in [-0.4, -0.2) is 10.9 Å². The lowest BCUT2D eigenvalue weighted by molar-refractivity contribution is 0.105. The fraction of sp³-hybridized carbons (Fsp3) is 0. The summed E-state index contributed by atoms with van der Waals surface area (Å²) in [5.41, 5.74) is 1.01. The number of ketones is 1. The topological polar surface area (TPSA) is 37.3 Å². The summed E-state index contributed by atoms with van der Waals surface area (Å²) in [4.78, 5) is 11.7. The molecule has 2 aromatic rings. The quantitative estimate of drug-likeness (QED) is 0.595. The van der Waals surface area contributed by atoms with E-state index in [1.165, 1.54) is 6.07 Å². The molecule has 1 N–H and O–H groups in total. The first-order valence-corrected chi connectivity index (χ1v) is 5.17. The Morgan fingerprint density at radius 3 is 2.29 bits per heavy atom. The number of phenols is 1. The summed E-state index contributed by atoms with van der Waals surface area (Å²) >= 11 is 0. The molecule has 0 radical (unpaired) electrons. The van der Waals surface area contributed by atoms with Gasteiger partial charge in [0.2, 0.25) is 5.78 Å². The van der Waals surface area contributed by atoms with E-state index >= 15 is 0 Å². The Labute approximate surface area is 99.5 Å². The van der Waals surface area contributed by atoms with Crippen molar-refractivity contribution in [2.24, 2.45) is 0 Å². The zero-order chi connectivity index (χ0) is 12.1. The average Bonchev–Trinajstić information content (AvgIpc) is 2.38. The van der Waals surface area contributed by atoms with E-state index in [0.717, 1.165) is 0 Å². The minimum absolute atomic E-state index is 0.0841. The number of benzene rings is 2. The molecule has 0 atom stereocenters. The van der Waals surface area contributed by atoms with Gasteiger partial charge in [0.25, 0.3) is 0 Å². The summed E-state index contributed by atoms with van der Waals surface area (Å²) in [6.45, 7) is 0. The van der Waals surface area contributed by atoms with Crippen LogP contribution in [0.1, 0.15) is 15.9 Å². The van der Waals surface area contributed by atoms with Gasteiger partial charge in [-0.25, -0.2) is 0 Å². The second kappa shape index (κ2) is 5.00. The van der Waals surface area contributed by atoms with Crippen LogP contribution in [0.2, 0.25) is 0 Å². The van der Waals surface area contributed by atoms with Gasteiger partial charge >= 0.3 is 0 Å². The van der Waals surface area contributed by atoms with Gasteiger partial charge in [0.1, 0.15) is 5.75 Å². The normalized spacial score (nSPS) is 9.18. The van der Waals surface area contributed by atoms with E-state index in [1.807, 2.05) is 6.07 Å². The zero-order valence-electron chi connectivity index (χ0n) is 9.05. The van der Waals surface area contributed by atoms with Gasteiger partial charge in [-0.15, -0.1) is 0 Å². The van der Waals surface area contributed by atoms with E-state index in [4.69, 9.17) is 0 Å². The predicted molar refractivity (Wildman–Crippen MR) is 65.8 cm³/mol. The van der Waals surface area contributed by atoms with Gasteiger partial charge in [0.15, 0.2) is 0 Å². The van der Waals surface area contributed by atoms with Gasteiger partial charge < -0.3 is 5.11 Å². The van der Waals surface area contributed by atoms with Crippen LogP contribution in [0.5, 0.6) is 5.75 Å². The summed E-state index contributed by atoms with van der Waals surface area (Å²) < 4.78 is 0. The average molecular weight is 222 g/mol. The lowest BCUT2D eigenvalue weighted by Gasteiger charge is -1.94. The molecule has 0 saturated carbocycles. The standard InChI is InChI=1S/C15H10O2/c16-14-9-5-4-8-13(14)10-11-15(17)12-6-2-1-3-7-12/h1-9,16H. The molecule has 2 rings (SSSR count). The van der Waals surface area contributed by atoms with Crippen molar-refractivity contribution in [3.63, 3.8) is 0 Å². The van der Waals surface area contributed by atoms with E-state index in [2.05, 4.69) is 11.8 Å². The predicted octanol–water partition coefficient (Wildman–Crippen LogP) is 2.63. The smallest absolute Gasteiger partial charge is 0.236 e. The fourth-order valence-electron chi connectivity index (χ4n) is 1.37. The highest BCUT2D eigenvalue weighted by Crippen LogP contribution is 2.13. The minimum Gasteiger partial charge on any atom is -0.507 e. The maximum absolute atomic E-state index is 11.7. The molecule has 0 aromatic heterocycles. The molecule has 0 fully saturated rings. The molecule has 0 unspecified atom stereocenters. The van der Waals surface area contributed by atoms with Gasteiger partial charge in [0.05, 0.1) is 5.56 Å². The van der Waals surface area contributed by atoms with Gasteiger partial charge in [-0.05, 0) is 18.1 Å². The maximum atomic E-state index is 11.7. The zero-order valence-corrected chi connectivity index (χ0v) is 9.05. The molecular formula is C15H10O2. The molecule has 2 heteroatoms. The third-order valence-corrected chi connectivity index (χ3v) is 2.25. The molecule has 2 nitrogen and oxygen atoms in total. The highest BCUT2D eigenvalue weighted by Gasteiger charge is 2.00. The van der Waals surface area contributed by atoms with E-state index < -0.39 is 0 Å². The SMILES string of the molecule is O=C(C#Cc1ccccc1O)c1ccccc1. The second-order valence-electron chi connectivity index (χ2n) is 3.46. The summed E-state index contributed by atoms with van der Waals surface area (Å²) in [5, 5.41) is 9.48. The number of rotatable bonds is 1. The molecular weight excluding hydrogens is 212 g/mol. The van der Waals surface area contributed by atoms with E-state index in [1.54, 1.807) is 42.5 Å². The minimum atomic E-state index is -0.256. The van der Waals surface area contributed by atoms with Crippen LogP contribution in [0.15, 0.2) is 54.6 Å². The Balaban J connectivity index is 2.24. The molecule has 17 heavy (non-hydrogen) atoms. The molecule has 0 spiro atoms. The summed E-state index contributed by atoms with van der Waals surface area (Å²) in [7, 11) is 0. The maximum Gasteiger partial charge on any atom is 0.236 e. The van der Waals surface area contributed by atoms with Crippen LogP contribution in [0, 0.1) is 11.8 Å². The molecule has 0 saturated heterocycles. The molecule has 0 amide bonds. The number of hydrogen-bond donors (Lipinski definition) is 1. The van der Waals surface area contributed by atoms with Crippen LogP contribution in [0.25, 0.3) is 0 Å². The first-order valence-electron chi connectivity index (χ1n) is 5.17. The van der Waals surface area contributed by atoms with Crippen LogP contribution >= 0.6 is 0 Å². The number of hydrogen-bond acceptors (Lipinski definition) is 2. The van der Waals surface area contributed by atoms with Crippen molar-refractivity contribution < 1.29 is 9.90 Å². The van der Waals surface area contributed by atoms with Crippen LogP contribution in [0.4, 0.5) is 0 Å². The first kappa shape index (κ1) is 11.0. The third kappa shape index (κ3) is 2.73. The molecule has 0 heterocycles. The van der Waals surface area contributed by atoms with Crippen molar-refractivity contribution >= 4 is 5.78 Å². The Hall–Kier alpha value is -2.53. The summed E-state index contributed by atoms with van der Waals surface area (Å²) in [5.74, 6) is 5.00. The van der Waals surface area contributed by atoms with E-state index in [0.29, 0.717) is 11.1 Å². The number of aromatic hydroxyl groups is 1. The number of phenolic OH excluding ortho intramolecular Hbond substituents is 1. The second-order valence-corrected chi connectivity index (χ2v) is 3.46. The summed E-state index contributed by atoms with van der Waals surface area (Å²) in [6.07, 6.45) is 0. The van der Waals surface area contributed by atoms with Crippen molar-refractivity contribution in [1.29, 1.82) is 0 Å². The third-order valence-electron chi connectivity index (χ3n) is 2.25. The number of carbonyl (C=O) groups excluding carboxylic acids is 1. The van der Waals surface area contributed by atoms with Crippen molar-refractivity contribution in [3.05, 3.63) is 65.7 Å². The number of Topliss-reactive ketones (excluding diaryl/α,β-unsaturated/α-hetero) is 1. The molecule has 2 aromatic carbocycles. The van der Waals surface area contributed by atoms with Crippen molar-refractivity contribution in [3.8, 4) is 17.6 Å². The Morgan fingerprint density at radius 2 is 1.59 bits per heavy atom. The van der Waals surface area contributed by atoms with Gasteiger partial charge in [-0.1, -0.05) is 48.4 Å². The van der Waals surface area contributed by atoms with Crippen molar-refractivity contribution in [2.45, 2.75) is 0 Å². The Morgan fingerprint density at radius 1 is 0.941 bits per heavy atom. The van der Waals surface area contributed by atoms with Gasteiger partial charge in [0, 0.05) is 5.56 Å². The van der Waals surface area contributed by atoms with E-state index in [-0.39, 0.29) is 11.5 Å². The molecule has 0 aliphatic rings. The lowest BCUT2D eigenvalue weighted by atomic mass is 10.1. The highest BCUT2D eigenvalue weighted by atomic mass is 16.3. The number of carbonyl (C=O) groups is 1. The number of para-hydroxylation sites is 1. The van der Waals surface area contributed by atoms with Crippen LogP contribution in [-0.2, 0) is 0 Å². The van der Waals surface area contributed by atoms with Crippen molar-refractivity contribution in [1.82, 2.24) is 0 Å². The van der Waals surface area contributed by atoms with Crippen molar-refractivity contribution in [2.75, 3.05) is 0 Å². The summed E-state index contributed by atoms with van der Waals surface area (Å²) in [6, 6.07) is 15.5. The molecule has 0 bridgehead atoms. The Bertz CT molecular complexity index is 589. The Kier molecular flexibility index (Phi) is 3.23. The van der Waals surface area contributed by atoms with Crippen LogP contribution in [0.3, 0.4) is 0 Å². The molecule has 82 valence electrons. The fourth-order valence-corrected chi connectivity index (χ4v) is 1.37.